The Morgan fingerprint density at radius 2 is 1.92 bits per heavy atom. The second-order valence-corrected chi connectivity index (χ2v) is 6.81. The average Bonchev–Trinajstić information content (AvgIpc) is 3.09. The number of rotatable bonds is 5. The Balaban J connectivity index is 1.71. The molecule has 0 spiro atoms. The van der Waals surface area contributed by atoms with Crippen LogP contribution in [0.5, 0.6) is 5.75 Å². The van der Waals surface area contributed by atoms with Crippen LogP contribution in [-0.2, 0) is 4.79 Å². The summed E-state index contributed by atoms with van der Waals surface area (Å²) in [5.41, 5.74) is 1.93. The molecule has 0 bridgehead atoms. The molecule has 5 heteroatoms. The van der Waals surface area contributed by atoms with Crippen LogP contribution in [0.1, 0.15) is 23.5 Å². The number of ether oxygens (including phenoxy) is 1. The largest absolute Gasteiger partial charge is 0.497 e. The van der Waals surface area contributed by atoms with Crippen molar-refractivity contribution in [1.82, 2.24) is 9.88 Å². The lowest BCUT2D eigenvalue weighted by Gasteiger charge is -2.21. The first kappa shape index (κ1) is 17.2. The Hall–Kier alpha value is -2.66. The van der Waals surface area contributed by atoms with Gasteiger partial charge in [-0.25, -0.2) is 4.98 Å². The molecule has 4 nitrogen and oxygen atoms in total. The molecule has 3 rings (SSSR count). The van der Waals surface area contributed by atoms with Gasteiger partial charge in [-0.1, -0.05) is 24.3 Å². The summed E-state index contributed by atoms with van der Waals surface area (Å²) in [6.07, 6.45) is 3.40. The van der Waals surface area contributed by atoms with E-state index in [0.717, 1.165) is 26.5 Å². The van der Waals surface area contributed by atoms with Crippen LogP contribution in [0, 0.1) is 0 Å². The molecule has 0 aliphatic carbocycles. The molecule has 25 heavy (non-hydrogen) atoms. The van der Waals surface area contributed by atoms with E-state index in [9.17, 15) is 4.79 Å². The van der Waals surface area contributed by atoms with Crippen molar-refractivity contribution in [1.29, 1.82) is 0 Å². The fourth-order valence-electron chi connectivity index (χ4n) is 2.43. The molecule has 3 aromatic rings. The Bertz CT molecular complexity index is 866. The fourth-order valence-corrected chi connectivity index (χ4v) is 3.49. The third-order valence-electron chi connectivity index (χ3n) is 4.13. The summed E-state index contributed by atoms with van der Waals surface area (Å²) in [4.78, 5) is 18.8. The Labute approximate surface area is 151 Å². The van der Waals surface area contributed by atoms with Crippen molar-refractivity contribution in [2.75, 3.05) is 14.2 Å². The fraction of sp³-hybridized carbons (Fsp3) is 0.200. The van der Waals surface area contributed by atoms with Crippen LogP contribution < -0.4 is 4.74 Å². The maximum absolute atomic E-state index is 12.5. The van der Waals surface area contributed by atoms with Crippen LogP contribution in [0.2, 0.25) is 0 Å². The standard InChI is InChI=1S/C20H20N2O2S/c1-14(20-21-17-6-4-5-7-18(17)25-20)22(2)19(23)13-10-15-8-11-16(24-3)12-9-15/h4-14H,1-3H3/b13-10+/t14-/m1/s1. The number of amides is 1. The van der Waals surface area contributed by atoms with E-state index in [4.69, 9.17) is 4.74 Å². The molecular formula is C20H20N2O2S. The molecule has 1 amide bonds. The summed E-state index contributed by atoms with van der Waals surface area (Å²) in [6.45, 7) is 2.00. The summed E-state index contributed by atoms with van der Waals surface area (Å²) in [6, 6.07) is 15.5. The molecular weight excluding hydrogens is 332 g/mol. The van der Waals surface area contributed by atoms with Crippen molar-refractivity contribution in [2.24, 2.45) is 0 Å². The van der Waals surface area contributed by atoms with E-state index in [1.807, 2.05) is 55.5 Å². The number of thiazole rings is 1. The van der Waals surface area contributed by atoms with Gasteiger partial charge in [0.25, 0.3) is 0 Å². The number of hydrogen-bond donors (Lipinski definition) is 0. The second kappa shape index (κ2) is 7.49. The number of hydrogen-bond acceptors (Lipinski definition) is 4. The van der Waals surface area contributed by atoms with E-state index in [-0.39, 0.29) is 11.9 Å². The summed E-state index contributed by atoms with van der Waals surface area (Å²) < 4.78 is 6.27. The van der Waals surface area contributed by atoms with E-state index in [2.05, 4.69) is 11.1 Å². The van der Waals surface area contributed by atoms with E-state index >= 15 is 0 Å². The molecule has 0 fully saturated rings. The number of para-hydroxylation sites is 1. The van der Waals surface area contributed by atoms with Gasteiger partial charge >= 0.3 is 0 Å². The summed E-state index contributed by atoms with van der Waals surface area (Å²) in [5.74, 6) is 0.743. The number of aromatic nitrogens is 1. The van der Waals surface area contributed by atoms with Crippen LogP contribution in [0.4, 0.5) is 0 Å². The first-order valence-corrected chi connectivity index (χ1v) is 8.84. The monoisotopic (exact) mass is 352 g/mol. The molecule has 0 aliphatic heterocycles. The second-order valence-electron chi connectivity index (χ2n) is 5.75. The van der Waals surface area contributed by atoms with Gasteiger partial charge in [-0.05, 0) is 42.8 Å². The molecule has 1 heterocycles. The molecule has 1 aromatic heterocycles. The lowest BCUT2D eigenvalue weighted by molar-refractivity contribution is -0.126. The van der Waals surface area contributed by atoms with Gasteiger partial charge in [-0.15, -0.1) is 11.3 Å². The quantitative estimate of drug-likeness (QED) is 0.633. The van der Waals surface area contributed by atoms with Crippen molar-refractivity contribution in [3.8, 4) is 5.75 Å². The zero-order valence-electron chi connectivity index (χ0n) is 14.5. The number of carbonyl (C=O) groups excluding carboxylic acids is 1. The summed E-state index contributed by atoms with van der Waals surface area (Å²) in [7, 11) is 3.43. The van der Waals surface area contributed by atoms with Crippen molar-refractivity contribution in [2.45, 2.75) is 13.0 Å². The highest BCUT2D eigenvalue weighted by Crippen LogP contribution is 2.28. The Morgan fingerprint density at radius 1 is 1.20 bits per heavy atom. The van der Waals surface area contributed by atoms with E-state index in [1.165, 1.54) is 0 Å². The first-order valence-electron chi connectivity index (χ1n) is 8.03. The van der Waals surface area contributed by atoms with Gasteiger partial charge in [0.05, 0.1) is 23.4 Å². The molecule has 0 unspecified atom stereocenters. The number of likely N-dealkylation sites (N-methyl/N-ethyl adjacent to an activating group) is 1. The minimum Gasteiger partial charge on any atom is -0.497 e. The Morgan fingerprint density at radius 3 is 2.60 bits per heavy atom. The van der Waals surface area contributed by atoms with Crippen molar-refractivity contribution >= 4 is 33.5 Å². The van der Waals surface area contributed by atoms with Crippen molar-refractivity contribution < 1.29 is 9.53 Å². The smallest absolute Gasteiger partial charge is 0.246 e. The maximum Gasteiger partial charge on any atom is 0.246 e. The highest BCUT2D eigenvalue weighted by molar-refractivity contribution is 7.18. The van der Waals surface area contributed by atoms with Gasteiger partial charge in [0, 0.05) is 13.1 Å². The number of fused-ring (bicyclic) bond motifs is 1. The molecule has 0 radical (unpaired) electrons. The minimum absolute atomic E-state index is 0.0532. The van der Waals surface area contributed by atoms with Crippen molar-refractivity contribution in [3.63, 3.8) is 0 Å². The summed E-state index contributed by atoms with van der Waals surface area (Å²) in [5, 5.41) is 0.940. The topological polar surface area (TPSA) is 42.4 Å². The number of nitrogens with zero attached hydrogens (tertiary/aromatic N) is 2. The average molecular weight is 352 g/mol. The van der Waals surface area contributed by atoms with E-state index in [1.54, 1.807) is 36.5 Å². The van der Waals surface area contributed by atoms with Gasteiger partial charge in [0.1, 0.15) is 10.8 Å². The van der Waals surface area contributed by atoms with Gasteiger partial charge in [0.2, 0.25) is 5.91 Å². The molecule has 0 aliphatic rings. The molecule has 0 saturated heterocycles. The zero-order valence-corrected chi connectivity index (χ0v) is 15.3. The van der Waals surface area contributed by atoms with Gasteiger partial charge in [-0.3, -0.25) is 4.79 Å². The van der Waals surface area contributed by atoms with Gasteiger partial charge in [-0.2, -0.15) is 0 Å². The lowest BCUT2D eigenvalue weighted by atomic mass is 10.2. The highest BCUT2D eigenvalue weighted by atomic mass is 32.1. The minimum atomic E-state index is -0.0783. The van der Waals surface area contributed by atoms with Crippen LogP contribution in [-0.4, -0.2) is 29.9 Å². The number of methoxy groups -OCH3 is 1. The number of benzene rings is 2. The SMILES string of the molecule is COc1ccc(/C=C/C(=O)N(C)[C@H](C)c2nc3ccccc3s2)cc1. The number of carbonyl (C=O) groups is 1. The Kier molecular flexibility index (Phi) is 5.14. The van der Waals surface area contributed by atoms with Crippen LogP contribution in [0.25, 0.3) is 16.3 Å². The predicted octanol–water partition coefficient (Wildman–Crippen LogP) is 4.54. The summed E-state index contributed by atoms with van der Waals surface area (Å²) >= 11 is 1.63. The lowest BCUT2D eigenvalue weighted by Crippen LogP contribution is -2.27. The maximum atomic E-state index is 12.5. The molecule has 128 valence electrons. The normalized spacial score (nSPS) is 12.4. The van der Waals surface area contributed by atoms with Gasteiger partial charge < -0.3 is 9.64 Å². The zero-order chi connectivity index (χ0) is 17.8. The van der Waals surface area contributed by atoms with Crippen molar-refractivity contribution in [3.05, 3.63) is 65.2 Å². The van der Waals surface area contributed by atoms with E-state index < -0.39 is 0 Å². The van der Waals surface area contributed by atoms with Crippen LogP contribution in [0.3, 0.4) is 0 Å². The molecule has 0 N–H and O–H groups in total. The van der Waals surface area contributed by atoms with E-state index in [0.29, 0.717) is 0 Å². The van der Waals surface area contributed by atoms with Crippen LogP contribution in [0.15, 0.2) is 54.6 Å². The van der Waals surface area contributed by atoms with Gasteiger partial charge in [0.15, 0.2) is 0 Å². The van der Waals surface area contributed by atoms with Crippen LogP contribution >= 0.6 is 11.3 Å². The molecule has 2 aromatic carbocycles. The first-order chi connectivity index (χ1) is 12.1. The molecule has 1 atom stereocenters. The predicted molar refractivity (Wildman–Crippen MR) is 103 cm³/mol. The third-order valence-corrected chi connectivity index (χ3v) is 5.34. The molecule has 0 saturated carbocycles. The highest BCUT2D eigenvalue weighted by Gasteiger charge is 2.19. The third kappa shape index (κ3) is 3.88.